The number of anilines is 2. The van der Waals surface area contributed by atoms with Gasteiger partial charge in [0.2, 0.25) is 28.2 Å². The summed E-state index contributed by atoms with van der Waals surface area (Å²) in [6.45, 7) is -0.600. The number of nitrogens with one attached hydrogen (secondary N) is 2. The Labute approximate surface area is 230 Å². The van der Waals surface area contributed by atoms with Crippen molar-refractivity contribution in [2.75, 3.05) is 17.6 Å². The Bertz CT molecular complexity index is 1460. The highest BCUT2D eigenvalue weighted by Gasteiger charge is 2.42. The molecule has 0 aliphatic rings. The first-order chi connectivity index (χ1) is 18.8. The number of aromatic hydroxyl groups is 10. The van der Waals surface area contributed by atoms with Gasteiger partial charge in [0.05, 0.1) is 5.56 Å². The maximum absolute atomic E-state index is 12.4. The van der Waals surface area contributed by atoms with E-state index in [1.807, 2.05) is 0 Å². The lowest BCUT2D eigenvalue weighted by atomic mass is 10.0. The number of aromatic nitrogens is 1. The SMILES string of the molecule is Nc1nc(C(O)(O)C(=O)Nc2c(O)c(O)c(CCNC(O)(O)Cc3c(O)c(O)c(O)c(O)c3O)c(O)c2O)c(O)s1. The van der Waals surface area contributed by atoms with Crippen molar-refractivity contribution in [2.24, 2.45) is 0 Å². The maximum atomic E-state index is 12.4. The summed E-state index contributed by atoms with van der Waals surface area (Å²) in [6.07, 6.45) is -1.72. The number of nitrogens with two attached hydrogens (primary N) is 1. The van der Waals surface area contributed by atoms with Gasteiger partial charge in [0, 0.05) is 18.5 Å². The van der Waals surface area contributed by atoms with E-state index in [-0.39, 0.29) is 5.13 Å². The molecule has 0 atom stereocenters. The van der Waals surface area contributed by atoms with E-state index in [0.29, 0.717) is 11.3 Å². The second-order valence-corrected chi connectivity index (χ2v) is 9.48. The zero-order valence-electron chi connectivity index (χ0n) is 20.2. The zero-order valence-corrected chi connectivity index (χ0v) is 21.0. The van der Waals surface area contributed by atoms with Gasteiger partial charge in [0.15, 0.2) is 45.3 Å². The molecule has 1 amide bonds. The largest absolute Gasteiger partial charge is 0.504 e. The van der Waals surface area contributed by atoms with Gasteiger partial charge in [0.1, 0.15) is 5.69 Å². The van der Waals surface area contributed by atoms with E-state index in [1.165, 1.54) is 0 Å². The summed E-state index contributed by atoms with van der Waals surface area (Å²) >= 11 is 0.390. The number of benzene rings is 2. The molecule has 2 aromatic carbocycles. The molecular weight excluding hydrogens is 580 g/mol. The number of thiazole rings is 1. The minimum absolute atomic E-state index is 0.348. The summed E-state index contributed by atoms with van der Waals surface area (Å²) in [5.74, 6) is -19.5. The van der Waals surface area contributed by atoms with Crippen LogP contribution in [0.3, 0.4) is 0 Å². The van der Waals surface area contributed by atoms with E-state index in [9.17, 15) is 76.3 Å². The van der Waals surface area contributed by atoms with Gasteiger partial charge in [-0.3, -0.25) is 10.1 Å². The topological polar surface area (TPSA) is 363 Å². The quantitative estimate of drug-likeness (QED) is 0.0685. The molecular formula is C21H24N4O15S. The number of carbonyl (C=O) groups is 1. The van der Waals surface area contributed by atoms with Crippen molar-refractivity contribution in [1.29, 1.82) is 0 Å². The predicted octanol–water partition coefficient (Wildman–Crippen LogP) is -2.43. The molecule has 0 spiro atoms. The van der Waals surface area contributed by atoms with Crippen molar-refractivity contribution in [3.63, 3.8) is 0 Å². The van der Waals surface area contributed by atoms with Crippen LogP contribution in [0.15, 0.2) is 0 Å². The molecule has 0 fully saturated rings. The van der Waals surface area contributed by atoms with Crippen LogP contribution in [-0.4, -0.2) is 94.8 Å². The van der Waals surface area contributed by atoms with Crippen molar-refractivity contribution in [1.82, 2.24) is 10.3 Å². The van der Waals surface area contributed by atoms with Gasteiger partial charge in [-0.2, -0.15) is 0 Å². The average Bonchev–Trinajstić information content (AvgIpc) is 3.25. The van der Waals surface area contributed by atoms with Crippen LogP contribution in [0.5, 0.6) is 56.8 Å². The highest BCUT2D eigenvalue weighted by Crippen LogP contribution is 2.52. The summed E-state index contributed by atoms with van der Waals surface area (Å²) in [4.78, 5) is 15.8. The lowest BCUT2D eigenvalue weighted by molar-refractivity contribution is -0.185. The minimum atomic E-state index is -3.57. The van der Waals surface area contributed by atoms with Crippen LogP contribution in [0.4, 0.5) is 10.8 Å². The summed E-state index contributed by atoms with van der Waals surface area (Å²) in [7, 11) is 0. The molecule has 0 radical (unpaired) electrons. The fourth-order valence-electron chi connectivity index (χ4n) is 3.56. The van der Waals surface area contributed by atoms with Gasteiger partial charge in [-0.1, -0.05) is 11.3 Å². The molecule has 0 saturated heterocycles. The molecule has 19 nitrogen and oxygen atoms in total. The highest BCUT2D eigenvalue weighted by atomic mass is 32.1. The van der Waals surface area contributed by atoms with Crippen molar-refractivity contribution in [3.8, 4) is 56.8 Å². The summed E-state index contributed by atoms with van der Waals surface area (Å²) in [6, 6.07) is 0. The fraction of sp³-hybridized carbons (Fsp3) is 0.238. The molecule has 0 aliphatic carbocycles. The molecule has 41 heavy (non-hydrogen) atoms. The van der Waals surface area contributed by atoms with Crippen LogP contribution >= 0.6 is 11.3 Å². The number of carbonyl (C=O) groups excluding carboxylic acids is 1. The van der Waals surface area contributed by atoms with E-state index in [0.717, 1.165) is 0 Å². The molecule has 224 valence electrons. The fourth-order valence-corrected chi connectivity index (χ4v) is 4.18. The summed E-state index contributed by atoms with van der Waals surface area (Å²) in [5.41, 5.74) is 1.79. The summed E-state index contributed by atoms with van der Waals surface area (Å²) in [5, 5.41) is 142. The van der Waals surface area contributed by atoms with Crippen LogP contribution in [0.2, 0.25) is 0 Å². The number of phenols is 9. The Balaban J connectivity index is 1.79. The van der Waals surface area contributed by atoms with E-state index >= 15 is 0 Å². The number of amides is 1. The van der Waals surface area contributed by atoms with E-state index in [4.69, 9.17) is 5.73 Å². The number of phenolic OH excluding ortho intramolecular Hbond substituents is 9. The monoisotopic (exact) mass is 604 g/mol. The Kier molecular flexibility index (Phi) is 7.94. The Morgan fingerprint density at radius 2 is 1.20 bits per heavy atom. The number of nitrogens with zero attached hydrogens (tertiary/aromatic N) is 1. The Morgan fingerprint density at radius 3 is 1.66 bits per heavy atom. The number of hydrogen-bond donors (Lipinski definition) is 17. The van der Waals surface area contributed by atoms with Crippen molar-refractivity contribution < 1.29 is 76.3 Å². The van der Waals surface area contributed by atoms with E-state index in [2.05, 4.69) is 10.3 Å². The highest BCUT2D eigenvalue weighted by molar-refractivity contribution is 7.17. The first kappa shape index (κ1) is 30.7. The van der Waals surface area contributed by atoms with Crippen LogP contribution in [0, 0.1) is 0 Å². The Morgan fingerprint density at radius 1 is 0.732 bits per heavy atom. The molecule has 18 N–H and O–H groups in total. The van der Waals surface area contributed by atoms with Gasteiger partial charge < -0.3 is 82.5 Å². The lowest BCUT2D eigenvalue weighted by Gasteiger charge is -2.25. The third-order valence-electron chi connectivity index (χ3n) is 5.68. The molecule has 20 heteroatoms. The van der Waals surface area contributed by atoms with Crippen LogP contribution in [0.25, 0.3) is 0 Å². The number of nitrogen functional groups attached to an aromatic ring is 1. The number of hydrogen-bond acceptors (Lipinski definition) is 19. The predicted molar refractivity (Wildman–Crippen MR) is 133 cm³/mol. The molecule has 0 aliphatic heterocycles. The lowest BCUT2D eigenvalue weighted by Crippen LogP contribution is -2.47. The maximum Gasteiger partial charge on any atom is 0.294 e. The molecule has 1 aromatic heterocycles. The van der Waals surface area contributed by atoms with Crippen molar-refractivity contribution in [3.05, 3.63) is 16.8 Å². The molecule has 0 unspecified atom stereocenters. The van der Waals surface area contributed by atoms with E-state index in [1.54, 1.807) is 5.32 Å². The normalized spacial score (nSPS) is 12.0. The smallest absolute Gasteiger partial charge is 0.294 e. The van der Waals surface area contributed by atoms with Gasteiger partial charge in [-0.25, -0.2) is 4.98 Å². The third-order valence-corrected chi connectivity index (χ3v) is 6.37. The average molecular weight is 605 g/mol. The van der Waals surface area contributed by atoms with Gasteiger partial charge in [-0.05, 0) is 6.42 Å². The summed E-state index contributed by atoms with van der Waals surface area (Å²) < 4.78 is 0. The first-order valence-electron chi connectivity index (χ1n) is 10.9. The van der Waals surface area contributed by atoms with Crippen LogP contribution in [-0.2, 0) is 23.4 Å². The number of rotatable bonds is 9. The molecule has 3 aromatic rings. The van der Waals surface area contributed by atoms with Gasteiger partial charge in [0.25, 0.3) is 11.7 Å². The Hall–Kier alpha value is -4.86. The van der Waals surface area contributed by atoms with Crippen LogP contribution in [0.1, 0.15) is 16.8 Å². The minimum Gasteiger partial charge on any atom is -0.504 e. The van der Waals surface area contributed by atoms with Crippen molar-refractivity contribution >= 4 is 28.1 Å². The molecule has 1 heterocycles. The van der Waals surface area contributed by atoms with Crippen molar-refractivity contribution in [2.45, 2.75) is 24.5 Å². The second kappa shape index (κ2) is 10.6. The van der Waals surface area contributed by atoms with Gasteiger partial charge in [-0.15, -0.1) is 0 Å². The number of aliphatic hydroxyl groups is 4. The second-order valence-electron chi connectivity index (χ2n) is 8.47. The van der Waals surface area contributed by atoms with Crippen LogP contribution < -0.4 is 16.4 Å². The molecule has 0 saturated carbocycles. The molecule has 0 bridgehead atoms. The standard InChI is InChI=1S/C21H24N4O15S/c22-19-25-16(17(35)41-19)21(39,40)18(36)24-6-11(30)7(26)4(8(27)12(6)31)1-2-23-20(37,38)3-5-9(28)13(32)15(34)14(33)10(5)29/h23,26-35,37-40H,1-3H2,(H2,22,25)(H,24,36). The van der Waals surface area contributed by atoms with E-state index < -0.39 is 116 Å². The molecule has 3 rings (SSSR count). The van der Waals surface area contributed by atoms with Gasteiger partial charge >= 0.3 is 0 Å². The zero-order chi connectivity index (χ0) is 31.2. The first-order valence-corrected chi connectivity index (χ1v) is 11.7. The third kappa shape index (κ3) is 5.58.